The van der Waals surface area contributed by atoms with Crippen LogP contribution in [0.1, 0.15) is 23.6 Å². The fourth-order valence-corrected chi connectivity index (χ4v) is 2.22. The smallest absolute Gasteiger partial charge is 0.130 e. The summed E-state index contributed by atoms with van der Waals surface area (Å²) in [4.78, 5) is 0. The normalized spacial score (nSPS) is 12.4. The summed E-state index contributed by atoms with van der Waals surface area (Å²) in [6, 6.07) is 12.3. The number of halogens is 2. The van der Waals surface area contributed by atoms with Gasteiger partial charge in [0.05, 0.1) is 0 Å². The van der Waals surface area contributed by atoms with E-state index in [0.29, 0.717) is 0 Å². The highest BCUT2D eigenvalue weighted by Crippen LogP contribution is 2.13. The largest absolute Gasteiger partial charge is 0.310 e. The van der Waals surface area contributed by atoms with Crippen LogP contribution < -0.4 is 5.32 Å². The molecule has 0 saturated carbocycles. The fraction of sp³-hybridized carbons (Fsp3) is 0.294. The minimum absolute atomic E-state index is 0.101. The molecule has 0 aliphatic rings. The van der Waals surface area contributed by atoms with Crippen LogP contribution in [0.4, 0.5) is 8.78 Å². The van der Waals surface area contributed by atoms with Crippen LogP contribution in [0.2, 0.25) is 0 Å². The number of aryl methyl sites for hydroxylation is 1. The van der Waals surface area contributed by atoms with Gasteiger partial charge in [-0.2, -0.15) is 0 Å². The van der Waals surface area contributed by atoms with Crippen LogP contribution >= 0.6 is 0 Å². The van der Waals surface area contributed by atoms with Crippen LogP contribution in [0.5, 0.6) is 0 Å². The molecule has 0 aliphatic heterocycles. The van der Waals surface area contributed by atoms with Gasteiger partial charge in [0.2, 0.25) is 0 Å². The van der Waals surface area contributed by atoms with E-state index in [9.17, 15) is 8.78 Å². The molecule has 0 aromatic heterocycles. The highest BCUT2D eigenvalue weighted by atomic mass is 19.1. The van der Waals surface area contributed by atoms with Gasteiger partial charge in [0.1, 0.15) is 11.6 Å². The summed E-state index contributed by atoms with van der Waals surface area (Å²) in [5, 5.41) is 3.18. The van der Waals surface area contributed by atoms with Crippen LogP contribution in [0.25, 0.3) is 0 Å². The number of benzene rings is 2. The van der Waals surface area contributed by atoms with E-state index in [4.69, 9.17) is 0 Å². The van der Waals surface area contributed by atoms with Crippen LogP contribution in [0.3, 0.4) is 0 Å². The maximum Gasteiger partial charge on any atom is 0.130 e. The first-order valence-corrected chi connectivity index (χ1v) is 6.78. The van der Waals surface area contributed by atoms with Crippen LogP contribution in [-0.4, -0.2) is 6.04 Å². The van der Waals surface area contributed by atoms with E-state index in [1.807, 2.05) is 19.1 Å². The Morgan fingerprint density at radius 3 is 2.30 bits per heavy atom. The lowest BCUT2D eigenvalue weighted by Gasteiger charge is -2.16. The molecule has 2 aromatic rings. The van der Waals surface area contributed by atoms with E-state index in [1.165, 1.54) is 29.3 Å². The first kappa shape index (κ1) is 14.7. The molecule has 0 amide bonds. The minimum atomic E-state index is -0.499. The number of nitrogens with one attached hydrogen (secondary N) is 1. The standard InChI is InChI=1S/C17H19F2N/c1-12-6-3-4-7-14(12)10-13(2)20-11-15-16(18)8-5-9-17(15)19/h3-9,13,20H,10-11H2,1-2H3. The van der Waals surface area contributed by atoms with E-state index < -0.39 is 11.6 Å². The van der Waals surface area contributed by atoms with Crippen LogP contribution in [0, 0.1) is 18.6 Å². The molecule has 0 aliphatic carbocycles. The third-order valence-corrected chi connectivity index (χ3v) is 3.48. The van der Waals surface area contributed by atoms with E-state index in [2.05, 4.69) is 24.4 Å². The van der Waals surface area contributed by atoms with Crippen LogP contribution in [-0.2, 0) is 13.0 Å². The van der Waals surface area contributed by atoms with Gasteiger partial charge >= 0.3 is 0 Å². The topological polar surface area (TPSA) is 12.0 Å². The lowest BCUT2D eigenvalue weighted by Crippen LogP contribution is -2.28. The van der Waals surface area contributed by atoms with Gasteiger partial charge in [-0.3, -0.25) is 0 Å². The van der Waals surface area contributed by atoms with Gasteiger partial charge in [-0.15, -0.1) is 0 Å². The molecule has 1 nitrogen and oxygen atoms in total. The van der Waals surface area contributed by atoms with Gasteiger partial charge in [0.15, 0.2) is 0 Å². The monoisotopic (exact) mass is 275 g/mol. The van der Waals surface area contributed by atoms with Crippen molar-refractivity contribution in [2.75, 3.05) is 0 Å². The van der Waals surface area contributed by atoms with Gasteiger partial charge in [-0.25, -0.2) is 8.78 Å². The van der Waals surface area contributed by atoms with Gasteiger partial charge in [-0.05, 0) is 43.5 Å². The Kier molecular flexibility index (Phi) is 4.85. The zero-order chi connectivity index (χ0) is 14.5. The summed E-state index contributed by atoms with van der Waals surface area (Å²) in [5.41, 5.74) is 2.59. The maximum absolute atomic E-state index is 13.5. The molecule has 0 radical (unpaired) electrons. The van der Waals surface area contributed by atoms with Crippen molar-refractivity contribution >= 4 is 0 Å². The second-order valence-corrected chi connectivity index (χ2v) is 5.11. The Hall–Kier alpha value is -1.74. The molecule has 2 rings (SSSR count). The zero-order valence-corrected chi connectivity index (χ0v) is 11.8. The maximum atomic E-state index is 13.5. The molecule has 1 atom stereocenters. The van der Waals surface area contributed by atoms with Crippen molar-refractivity contribution in [2.24, 2.45) is 0 Å². The average Bonchev–Trinajstić information content (AvgIpc) is 2.41. The Labute approximate surface area is 118 Å². The Bertz CT molecular complexity index is 561. The highest BCUT2D eigenvalue weighted by molar-refractivity contribution is 5.26. The lowest BCUT2D eigenvalue weighted by molar-refractivity contribution is 0.498. The number of rotatable bonds is 5. The van der Waals surface area contributed by atoms with E-state index in [1.54, 1.807) is 0 Å². The van der Waals surface area contributed by atoms with Crippen molar-refractivity contribution in [3.63, 3.8) is 0 Å². The summed E-state index contributed by atoms with van der Waals surface area (Å²) in [6.45, 7) is 4.29. The molecule has 0 saturated heterocycles. The molecule has 0 bridgehead atoms. The van der Waals surface area contributed by atoms with Crippen molar-refractivity contribution in [1.29, 1.82) is 0 Å². The van der Waals surface area contributed by atoms with Gasteiger partial charge in [0.25, 0.3) is 0 Å². The predicted molar refractivity (Wildman–Crippen MR) is 77.5 cm³/mol. The molecule has 3 heteroatoms. The predicted octanol–water partition coefficient (Wildman–Crippen LogP) is 3.99. The summed E-state index contributed by atoms with van der Waals surface area (Å²) in [6.07, 6.45) is 0.836. The van der Waals surface area contributed by atoms with Crippen molar-refractivity contribution in [1.82, 2.24) is 5.32 Å². The first-order valence-electron chi connectivity index (χ1n) is 6.78. The van der Waals surface area contributed by atoms with E-state index >= 15 is 0 Å². The molecule has 106 valence electrons. The summed E-state index contributed by atoms with van der Waals surface area (Å²) >= 11 is 0. The van der Waals surface area contributed by atoms with Crippen molar-refractivity contribution in [2.45, 2.75) is 32.9 Å². The second-order valence-electron chi connectivity index (χ2n) is 5.11. The molecule has 0 fully saturated rings. The van der Waals surface area contributed by atoms with Crippen LogP contribution in [0.15, 0.2) is 42.5 Å². The molecule has 0 heterocycles. The molecular weight excluding hydrogens is 256 g/mol. The SMILES string of the molecule is Cc1ccccc1CC(C)NCc1c(F)cccc1F. The molecular formula is C17H19F2N. The van der Waals surface area contributed by atoms with Gasteiger partial charge in [0, 0.05) is 18.2 Å². The quantitative estimate of drug-likeness (QED) is 0.870. The summed E-state index contributed by atoms with van der Waals surface area (Å²) in [5.74, 6) is -0.999. The summed E-state index contributed by atoms with van der Waals surface area (Å²) in [7, 11) is 0. The second kappa shape index (κ2) is 6.62. The molecule has 1 N–H and O–H groups in total. The van der Waals surface area contributed by atoms with Gasteiger partial charge in [-0.1, -0.05) is 30.3 Å². The fourth-order valence-electron chi connectivity index (χ4n) is 2.22. The lowest BCUT2D eigenvalue weighted by atomic mass is 10.0. The van der Waals surface area contributed by atoms with Crippen molar-refractivity contribution in [3.05, 3.63) is 70.8 Å². The van der Waals surface area contributed by atoms with Gasteiger partial charge < -0.3 is 5.32 Å². The zero-order valence-electron chi connectivity index (χ0n) is 11.8. The number of hydrogen-bond donors (Lipinski definition) is 1. The first-order chi connectivity index (χ1) is 9.58. The molecule has 2 aromatic carbocycles. The van der Waals surface area contributed by atoms with Crippen molar-refractivity contribution in [3.8, 4) is 0 Å². The molecule has 1 unspecified atom stereocenters. The molecule has 20 heavy (non-hydrogen) atoms. The highest BCUT2D eigenvalue weighted by Gasteiger charge is 2.10. The average molecular weight is 275 g/mol. The Morgan fingerprint density at radius 1 is 1.00 bits per heavy atom. The Balaban J connectivity index is 1.96. The van der Waals surface area contributed by atoms with Crippen molar-refractivity contribution < 1.29 is 8.78 Å². The summed E-state index contributed by atoms with van der Waals surface area (Å²) < 4.78 is 27.0. The number of hydrogen-bond acceptors (Lipinski definition) is 1. The van der Waals surface area contributed by atoms with E-state index in [0.717, 1.165) is 6.42 Å². The Morgan fingerprint density at radius 2 is 1.65 bits per heavy atom. The third-order valence-electron chi connectivity index (χ3n) is 3.48. The van der Waals surface area contributed by atoms with E-state index in [-0.39, 0.29) is 18.2 Å². The minimum Gasteiger partial charge on any atom is -0.310 e. The third kappa shape index (κ3) is 3.64. The molecule has 0 spiro atoms.